The maximum absolute atomic E-state index is 8.70. The van der Waals surface area contributed by atoms with Gasteiger partial charge in [0.25, 0.3) is 0 Å². The van der Waals surface area contributed by atoms with Crippen molar-refractivity contribution in [3.8, 4) is 0 Å². The predicted octanol–water partition coefficient (Wildman–Crippen LogP) is 5.17. The molecule has 0 aliphatic rings. The summed E-state index contributed by atoms with van der Waals surface area (Å²) in [6, 6.07) is 0. The van der Waals surface area contributed by atoms with Crippen molar-refractivity contribution >= 4 is 0 Å². The van der Waals surface area contributed by atoms with Crippen LogP contribution in [0.4, 0.5) is 0 Å². The largest absolute Gasteiger partial charge is 0.515 e. The summed E-state index contributed by atoms with van der Waals surface area (Å²) >= 11 is 0. The Hall–Kier alpha value is -0.980. The number of aliphatic hydroxyl groups excluding tert-OH is 1. The van der Waals surface area contributed by atoms with Crippen LogP contribution in [0.3, 0.4) is 0 Å². The Balaban J connectivity index is 3.84. The van der Waals surface area contributed by atoms with E-state index in [1.807, 2.05) is 19.1 Å². The molecule has 0 aromatic rings. The van der Waals surface area contributed by atoms with E-state index in [0.717, 1.165) is 17.8 Å². The first-order valence-electron chi connectivity index (χ1n) is 6.25. The smallest absolute Gasteiger partial charge is 0.0820 e. The van der Waals surface area contributed by atoms with E-state index in [9.17, 15) is 0 Å². The first-order chi connectivity index (χ1) is 7.60. The Labute approximate surface area is 101 Å². The fourth-order valence-electron chi connectivity index (χ4n) is 1.42. The van der Waals surface area contributed by atoms with Crippen molar-refractivity contribution in [1.82, 2.24) is 0 Å². The van der Waals surface area contributed by atoms with Crippen molar-refractivity contribution in [2.24, 2.45) is 5.92 Å². The third-order valence-corrected chi connectivity index (χ3v) is 2.91. The van der Waals surface area contributed by atoms with E-state index >= 15 is 0 Å². The van der Waals surface area contributed by atoms with Crippen molar-refractivity contribution in [1.29, 1.82) is 0 Å². The lowest BCUT2D eigenvalue weighted by atomic mass is 9.99. The molecular formula is C15H26O. The van der Waals surface area contributed by atoms with Crippen molar-refractivity contribution in [2.75, 3.05) is 0 Å². The van der Waals surface area contributed by atoms with Crippen molar-refractivity contribution < 1.29 is 5.11 Å². The van der Waals surface area contributed by atoms with E-state index in [4.69, 9.17) is 5.11 Å². The van der Waals surface area contributed by atoms with Gasteiger partial charge in [0.15, 0.2) is 0 Å². The Bertz CT molecular complexity index is 259. The molecule has 0 amide bonds. The molecule has 0 aromatic heterocycles. The van der Waals surface area contributed by atoms with Gasteiger partial charge >= 0.3 is 0 Å². The van der Waals surface area contributed by atoms with Crippen LogP contribution in [0.1, 0.15) is 53.4 Å². The quantitative estimate of drug-likeness (QED) is 0.465. The zero-order valence-corrected chi connectivity index (χ0v) is 11.2. The third kappa shape index (κ3) is 8.34. The summed E-state index contributed by atoms with van der Waals surface area (Å²) < 4.78 is 0. The number of hydrogen-bond donors (Lipinski definition) is 1. The molecule has 1 atom stereocenters. The minimum atomic E-state index is 0.850. The van der Waals surface area contributed by atoms with Gasteiger partial charge in [-0.3, -0.25) is 0 Å². The molecule has 1 N–H and O–H groups in total. The SMILES string of the molecule is CCC(C)CCCC(C)=CC=CC(C)=CO. The number of allylic oxidation sites excluding steroid dienone is 5. The van der Waals surface area contributed by atoms with Gasteiger partial charge in [-0.1, -0.05) is 50.5 Å². The molecule has 0 bridgehead atoms. The Kier molecular flexibility index (Phi) is 8.69. The highest BCUT2D eigenvalue weighted by Crippen LogP contribution is 2.14. The van der Waals surface area contributed by atoms with E-state index in [-0.39, 0.29) is 0 Å². The standard InChI is InChI=1S/C15H26O/c1-5-13(2)8-6-9-14(3)10-7-11-15(4)12-16/h7,10-13,16H,5-6,8-9H2,1-4H3. The van der Waals surface area contributed by atoms with E-state index in [2.05, 4.69) is 26.8 Å². The summed E-state index contributed by atoms with van der Waals surface area (Å²) in [6.07, 6.45) is 12.2. The van der Waals surface area contributed by atoms with Gasteiger partial charge in [0.05, 0.1) is 6.26 Å². The topological polar surface area (TPSA) is 20.2 Å². The monoisotopic (exact) mass is 222 g/mol. The normalized spacial score (nSPS) is 15.8. The van der Waals surface area contributed by atoms with Crippen LogP contribution in [0.5, 0.6) is 0 Å². The first kappa shape index (κ1) is 15.0. The molecule has 0 fully saturated rings. The van der Waals surface area contributed by atoms with E-state index < -0.39 is 0 Å². The molecule has 92 valence electrons. The van der Waals surface area contributed by atoms with Crippen molar-refractivity contribution in [2.45, 2.75) is 53.4 Å². The van der Waals surface area contributed by atoms with Gasteiger partial charge < -0.3 is 5.11 Å². The highest BCUT2D eigenvalue weighted by atomic mass is 16.2. The molecule has 0 spiro atoms. The van der Waals surface area contributed by atoms with Gasteiger partial charge in [-0.2, -0.15) is 0 Å². The fourth-order valence-corrected chi connectivity index (χ4v) is 1.42. The van der Waals surface area contributed by atoms with Gasteiger partial charge in [0.1, 0.15) is 0 Å². The second-order valence-electron chi connectivity index (χ2n) is 4.65. The first-order valence-corrected chi connectivity index (χ1v) is 6.25. The molecule has 0 rings (SSSR count). The molecule has 0 radical (unpaired) electrons. The number of aliphatic hydroxyl groups is 1. The minimum absolute atomic E-state index is 0.850. The second kappa shape index (κ2) is 9.26. The van der Waals surface area contributed by atoms with Crippen LogP contribution in [-0.4, -0.2) is 5.11 Å². The second-order valence-corrected chi connectivity index (χ2v) is 4.65. The summed E-state index contributed by atoms with van der Waals surface area (Å²) in [5.41, 5.74) is 2.29. The molecule has 1 unspecified atom stereocenters. The molecule has 16 heavy (non-hydrogen) atoms. The highest BCUT2D eigenvalue weighted by Gasteiger charge is 1.98. The van der Waals surface area contributed by atoms with Crippen molar-refractivity contribution in [3.63, 3.8) is 0 Å². The van der Waals surface area contributed by atoms with E-state index in [1.165, 1.54) is 31.3 Å². The molecular weight excluding hydrogens is 196 g/mol. The van der Waals surface area contributed by atoms with Gasteiger partial charge in [-0.15, -0.1) is 0 Å². The summed E-state index contributed by atoms with van der Waals surface area (Å²) in [5, 5.41) is 8.70. The van der Waals surface area contributed by atoms with E-state index in [0.29, 0.717) is 0 Å². The molecule has 0 heterocycles. The zero-order chi connectivity index (χ0) is 12.4. The van der Waals surface area contributed by atoms with Gasteiger partial charge in [-0.05, 0) is 38.2 Å². The summed E-state index contributed by atoms with van der Waals surface area (Å²) in [7, 11) is 0. The van der Waals surface area contributed by atoms with Gasteiger partial charge in [0, 0.05) is 0 Å². The molecule has 0 aromatic carbocycles. The Morgan fingerprint density at radius 2 is 2.00 bits per heavy atom. The maximum Gasteiger partial charge on any atom is 0.0820 e. The molecule has 1 nitrogen and oxygen atoms in total. The average Bonchev–Trinajstić information content (AvgIpc) is 2.28. The highest BCUT2D eigenvalue weighted by molar-refractivity contribution is 5.20. The van der Waals surface area contributed by atoms with Crippen LogP contribution < -0.4 is 0 Å². The lowest BCUT2D eigenvalue weighted by Gasteiger charge is -2.07. The molecule has 0 aliphatic heterocycles. The van der Waals surface area contributed by atoms with Crippen molar-refractivity contribution in [3.05, 3.63) is 35.6 Å². The van der Waals surface area contributed by atoms with Crippen LogP contribution in [0.25, 0.3) is 0 Å². The lowest BCUT2D eigenvalue weighted by Crippen LogP contribution is -1.91. The Morgan fingerprint density at radius 3 is 2.56 bits per heavy atom. The summed E-state index contributed by atoms with van der Waals surface area (Å²) in [5.74, 6) is 0.850. The van der Waals surface area contributed by atoms with Crippen LogP contribution in [0.2, 0.25) is 0 Å². The Morgan fingerprint density at radius 1 is 1.31 bits per heavy atom. The summed E-state index contributed by atoms with van der Waals surface area (Å²) in [6.45, 7) is 8.61. The lowest BCUT2D eigenvalue weighted by molar-refractivity contribution is 0.469. The van der Waals surface area contributed by atoms with Crippen LogP contribution in [0.15, 0.2) is 35.6 Å². The average molecular weight is 222 g/mol. The molecule has 0 aliphatic carbocycles. The molecule has 1 heteroatoms. The third-order valence-electron chi connectivity index (χ3n) is 2.91. The molecule has 0 saturated carbocycles. The van der Waals surface area contributed by atoms with Crippen LogP contribution in [-0.2, 0) is 0 Å². The maximum atomic E-state index is 8.70. The zero-order valence-electron chi connectivity index (χ0n) is 11.2. The fraction of sp³-hybridized carbons (Fsp3) is 0.600. The van der Waals surface area contributed by atoms with Gasteiger partial charge in [-0.25, -0.2) is 0 Å². The van der Waals surface area contributed by atoms with Crippen LogP contribution in [0, 0.1) is 5.92 Å². The number of hydrogen-bond acceptors (Lipinski definition) is 1. The van der Waals surface area contributed by atoms with Crippen LogP contribution >= 0.6 is 0 Å². The number of rotatable bonds is 7. The predicted molar refractivity (Wildman–Crippen MR) is 72.6 cm³/mol. The minimum Gasteiger partial charge on any atom is -0.515 e. The summed E-state index contributed by atoms with van der Waals surface area (Å²) in [4.78, 5) is 0. The van der Waals surface area contributed by atoms with E-state index in [1.54, 1.807) is 0 Å². The van der Waals surface area contributed by atoms with Gasteiger partial charge in [0.2, 0.25) is 0 Å². The molecule has 0 saturated heterocycles.